The molecule has 2 aliphatic rings. The van der Waals surface area contributed by atoms with Crippen LogP contribution in [0.5, 0.6) is 0 Å². The van der Waals surface area contributed by atoms with Crippen molar-refractivity contribution in [1.29, 1.82) is 0 Å². The fraction of sp³-hybridized carbons (Fsp3) is 0.923. The predicted molar refractivity (Wildman–Crippen MR) is 71.0 cm³/mol. The average Bonchev–Trinajstić information content (AvgIpc) is 2.34. The van der Waals surface area contributed by atoms with Gasteiger partial charge in [0.05, 0.1) is 6.10 Å². The largest absolute Gasteiger partial charge is 0.393 e. The first-order chi connectivity index (χ1) is 8.22. The van der Waals surface area contributed by atoms with Crippen LogP contribution in [0, 0.1) is 17.8 Å². The number of aliphatic hydroxyl groups is 1. The first kappa shape index (κ1) is 13.2. The van der Waals surface area contributed by atoms with E-state index >= 15 is 0 Å². The summed E-state index contributed by atoms with van der Waals surface area (Å²) >= 11 is 4.12. The Bertz CT molecular complexity index is 272. The van der Waals surface area contributed by atoms with Crippen molar-refractivity contribution in [2.75, 3.05) is 12.3 Å². The Morgan fingerprint density at radius 3 is 2.88 bits per heavy atom. The van der Waals surface area contributed by atoms with Gasteiger partial charge >= 0.3 is 0 Å². The van der Waals surface area contributed by atoms with Crippen LogP contribution in [-0.4, -0.2) is 29.4 Å². The lowest BCUT2D eigenvalue weighted by molar-refractivity contribution is -0.130. The van der Waals surface area contributed by atoms with Crippen LogP contribution in [0.2, 0.25) is 0 Å². The topological polar surface area (TPSA) is 49.3 Å². The van der Waals surface area contributed by atoms with Gasteiger partial charge in [0.25, 0.3) is 0 Å². The lowest BCUT2D eigenvalue weighted by atomic mass is 9.64. The number of hydrogen-bond acceptors (Lipinski definition) is 3. The summed E-state index contributed by atoms with van der Waals surface area (Å²) in [6, 6.07) is 0. The third-order valence-corrected chi connectivity index (χ3v) is 4.59. The van der Waals surface area contributed by atoms with E-state index in [9.17, 15) is 9.90 Å². The molecule has 0 radical (unpaired) electrons. The Labute approximate surface area is 109 Å². The maximum Gasteiger partial charge on any atom is 0.223 e. The number of rotatable bonds is 3. The van der Waals surface area contributed by atoms with E-state index in [0.717, 1.165) is 32.1 Å². The van der Waals surface area contributed by atoms with Crippen molar-refractivity contribution in [3.05, 3.63) is 0 Å². The molecule has 4 atom stereocenters. The van der Waals surface area contributed by atoms with Gasteiger partial charge in [-0.3, -0.25) is 4.79 Å². The maximum atomic E-state index is 12.1. The van der Waals surface area contributed by atoms with E-state index < -0.39 is 0 Å². The Morgan fingerprint density at radius 2 is 2.12 bits per heavy atom. The van der Waals surface area contributed by atoms with E-state index in [0.29, 0.717) is 24.1 Å². The van der Waals surface area contributed by atoms with Gasteiger partial charge in [0.2, 0.25) is 5.91 Å². The van der Waals surface area contributed by atoms with Crippen molar-refractivity contribution in [2.45, 2.75) is 44.6 Å². The highest BCUT2D eigenvalue weighted by molar-refractivity contribution is 7.80. The molecule has 0 aromatic heterocycles. The lowest BCUT2D eigenvalue weighted by Gasteiger charge is -2.42. The van der Waals surface area contributed by atoms with Crippen molar-refractivity contribution in [1.82, 2.24) is 5.32 Å². The Kier molecular flexibility index (Phi) is 4.74. The van der Waals surface area contributed by atoms with Gasteiger partial charge in [0, 0.05) is 18.2 Å². The number of carbonyl (C=O) groups excluding carboxylic acids is 1. The minimum absolute atomic E-state index is 0.129. The second-order valence-electron chi connectivity index (χ2n) is 5.44. The minimum atomic E-state index is -0.129. The molecule has 0 aromatic rings. The van der Waals surface area contributed by atoms with Crippen LogP contribution < -0.4 is 5.32 Å². The van der Waals surface area contributed by atoms with E-state index in [4.69, 9.17) is 0 Å². The van der Waals surface area contributed by atoms with E-state index in [1.807, 2.05) is 0 Å². The molecule has 2 rings (SSSR count). The van der Waals surface area contributed by atoms with E-state index in [-0.39, 0.29) is 17.9 Å². The summed E-state index contributed by atoms with van der Waals surface area (Å²) in [5, 5.41) is 12.7. The van der Waals surface area contributed by atoms with Crippen LogP contribution in [0.15, 0.2) is 0 Å². The molecule has 2 saturated carbocycles. The highest BCUT2D eigenvalue weighted by atomic mass is 32.1. The zero-order chi connectivity index (χ0) is 12.3. The summed E-state index contributed by atoms with van der Waals surface area (Å²) in [6.45, 7) is 0.665. The van der Waals surface area contributed by atoms with Crippen LogP contribution in [-0.2, 0) is 4.79 Å². The molecule has 17 heavy (non-hydrogen) atoms. The molecule has 0 heterocycles. The van der Waals surface area contributed by atoms with Gasteiger partial charge < -0.3 is 10.4 Å². The number of amides is 1. The second kappa shape index (κ2) is 6.10. The third-order valence-electron chi connectivity index (χ3n) is 4.37. The molecule has 2 fully saturated rings. The standard InChI is InChI=1S/C13H23NO2S/c15-10-4-5-11-9(8-10)2-1-3-12(11)13(16)14-6-7-17/h9-12,15,17H,1-8H2,(H,14,16). The SMILES string of the molecule is O=C(NCCS)C1CCCC2CC(O)CCC21. The zero-order valence-corrected chi connectivity index (χ0v) is 11.2. The molecule has 3 nitrogen and oxygen atoms in total. The lowest BCUT2D eigenvalue weighted by Crippen LogP contribution is -2.43. The van der Waals surface area contributed by atoms with Gasteiger partial charge in [-0.15, -0.1) is 0 Å². The molecular formula is C13H23NO2S. The summed E-state index contributed by atoms with van der Waals surface area (Å²) in [6.07, 6.45) is 6.01. The monoisotopic (exact) mass is 257 g/mol. The summed E-state index contributed by atoms with van der Waals surface area (Å²) in [7, 11) is 0. The molecule has 2 N–H and O–H groups in total. The number of carbonyl (C=O) groups is 1. The number of nitrogens with one attached hydrogen (secondary N) is 1. The highest BCUT2D eigenvalue weighted by Gasteiger charge is 2.40. The van der Waals surface area contributed by atoms with E-state index in [1.165, 1.54) is 6.42 Å². The van der Waals surface area contributed by atoms with Gasteiger partial charge in [-0.05, 0) is 37.5 Å². The van der Waals surface area contributed by atoms with Gasteiger partial charge in [-0.1, -0.05) is 12.8 Å². The summed E-state index contributed by atoms with van der Waals surface area (Å²) in [5.41, 5.74) is 0. The number of aliphatic hydroxyl groups excluding tert-OH is 1. The Hall–Kier alpha value is -0.220. The average molecular weight is 257 g/mol. The van der Waals surface area contributed by atoms with Crippen molar-refractivity contribution in [3.8, 4) is 0 Å². The molecule has 4 unspecified atom stereocenters. The van der Waals surface area contributed by atoms with Crippen LogP contribution in [0.3, 0.4) is 0 Å². The molecule has 0 saturated heterocycles. The third kappa shape index (κ3) is 3.16. The molecule has 0 aliphatic heterocycles. The van der Waals surface area contributed by atoms with Crippen molar-refractivity contribution < 1.29 is 9.90 Å². The molecule has 4 heteroatoms. The summed E-state index contributed by atoms with van der Waals surface area (Å²) in [5.74, 6) is 2.17. The molecule has 2 aliphatic carbocycles. The van der Waals surface area contributed by atoms with Crippen molar-refractivity contribution >= 4 is 18.5 Å². The van der Waals surface area contributed by atoms with Crippen LogP contribution >= 0.6 is 12.6 Å². The first-order valence-electron chi connectivity index (χ1n) is 6.79. The maximum absolute atomic E-state index is 12.1. The second-order valence-corrected chi connectivity index (χ2v) is 5.89. The fourth-order valence-corrected chi connectivity index (χ4v) is 3.69. The number of hydrogen-bond donors (Lipinski definition) is 3. The molecule has 0 bridgehead atoms. The minimum Gasteiger partial charge on any atom is -0.393 e. The number of thiol groups is 1. The molecule has 0 aromatic carbocycles. The Morgan fingerprint density at radius 1 is 1.29 bits per heavy atom. The first-order valence-corrected chi connectivity index (χ1v) is 7.42. The van der Waals surface area contributed by atoms with Crippen molar-refractivity contribution in [3.63, 3.8) is 0 Å². The van der Waals surface area contributed by atoms with Gasteiger partial charge in [0.15, 0.2) is 0 Å². The molecule has 1 amide bonds. The molecule has 98 valence electrons. The molecule has 0 spiro atoms. The van der Waals surface area contributed by atoms with Crippen molar-refractivity contribution in [2.24, 2.45) is 17.8 Å². The zero-order valence-electron chi connectivity index (χ0n) is 10.3. The van der Waals surface area contributed by atoms with Crippen LogP contribution in [0.1, 0.15) is 38.5 Å². The quantitative estimate of drug-likeness (QED) is 0.673. The smallest absolute Gasteiger partial charge is 0.223 e. The predicted octanol–water partition coefficient (Wildman–Crippen LogP) is 1.61. The summed E-state index contributed by atoms with van der Waals surface area (Å²) in [4.78, 5) is 12.1. The van der Waals surface area contributed by atoms with E-state index in [2.05, 4.69) is 17.9 Å². The fourth-order valence-electron chi connectivity index (χ4n) is 3.57. The summed E-state index contributed by atoms with van der Waals surface area (Å²) < 4.78 is 0. The van der Waals surface area contributed by atoms with Gasteiger partial charge in [-0.2, -0.15) is 12.6 Å². The normalized spacial score (nSPS) is 37.3. The van der Waals surface area contributed by atoms with Gasteiger partial charge in [-0.25, -0.2) is 0 Å². The van der Waals surface area contributed by atoms with Crippen LogP contribution in [0.4, 0.5) is 0 Å². The number of fused-ring (bicyclic) bond motifs is 1. The van der Waals surface area contributed by atoms with Crippen LogP contribution in [0.25, 0.3) is 0 Å². The van der Waals surface area contributed by atoms with E-state index in [1.54, 1.807) is 0 Å². The Balaban J connectivity index is 1.95. The highest BCUT2D eigenvalue weighted by Crippen LogP contribution is 2.43. The van der Waals surface area contributed by atoms with Gasteiger partial charge in [0.1, 0.15) is 0 Å². The molecular weight excluding hydrogens is 234 g/mol.